The van der Waals surface area contributed by atoms with E-state index in [2.05, 4.69) is 20.5 Å². The van der Waals surface area contributed by atoms with Gasteiger partial charge in [-0.2, -0.15) is 13.2 Å². The predicted molar refractivity (Wildman–Crippen MR) is 130 cm³/mol. The van der Waals surface area contributed by atoms with Gasteiger partial charge in [-0.15, -0.1) is 0 Å². The number of pyridine rings is 1. The van der Waals surface area contributed by atoms with Crippen molar-refractivity contribution < 1.29 is 31.4 Å². The van der Waals surface area contributed by atoms with E-state index in [1.165, 1.54) is 25.3 Å². The largest absolute Gasteiger partial charge is 0.768 e. The molecule has 1 aliphatic rings. The molecular formula is C24H24F3N4O4S-. The number of nitrogens with zero attached hydrogens (tertiary/aromatic N) is 2. The number of aromatic nitrogens is 1. The molecule has 0 radical (unpaired) electrons. The number of halogens is 3. The van der Waals surface area contributed by atoms with Crippen LogP contribution in [0.25, 0.3) is 0 Å². The third-order valence-corrected chi connectivity index (χ3v) is 6.41. The number of morpholine rings is 1. The summed E-state index contributed by atoms with van der Waals surface area (Å²) in [4.78, 5) is 6.10. The number of alkyl halides is 3. The summed E-state index contributed by atoms with van der Waals surface area (Å²) in [6.07, 6.45) is -3.93. The second kappa shape index (κ2) is 11.1. The maximum atomic E-state index is 13.6. The Balaban J connectivity index is 1.59. The Morgan fingerprint density at radius 3 is 2.58 bits per heavy atom. The fraction of sp³-hybridized carbons (Fsp3) is 0.292. The number of hydrogen-bond acceptors (Lipinski definition) is 8. The molecule has 0 spiro atoms. The summed E-state index contributed by atoms with van der Waals surface area (Å²) >= 11 is -2.52. The van der Waals surface area contributed by atoms with Crippen LogP contribution < -0.4 is 20.3 Å². The first-order chi connectivity index (χ1) is 17.3. The molecule has 1 fully saturated rings. The molecular weight excluding hydrogens is 497 g/mol. The smallest absolute Gasteiger partial charge is 0.419 e. The van der Waals surface area contributed by atoms with Gasteiger partial charge in [0.05, 0.1) is 37.3 Å². The van der Waals surface area contributed by atoms with Gasteiger partial charge in [-0.1, -0.05) is 18.2 Å². The normalized spacial score (nSPS) is 14.9. The first-order valence-electron chi connectivity index (χ1n) is 11.0. The molecule has 3 aromatic rings. The Bertz CT molecular complexity index is 1240. The minimum Gasteiger partial charge on any atom is -0.768 e. The van der Waals surface area contributed by atoms with Crippen molar-refractivity contribution in [3.63, 3.8) is 0 Å². The zero-order chi connectivity index (χ0) is 25.7. The molecule has 0 aliphatic carbocycles. The summed E-state index contributed by atoms with van der Waals surface area (Å²) in [6, 6.07) is 12.8. The van der Waals surface area contributed by atoms with Crippen LogP contribution in [0, 0.1) is 0 Å². The predicted octanol–water partition coefficient (Wildman–Crippen LogP) is 4.54. The highest BCUT2D eigenvalue weighted by Gasteiger charge is 2.34. The third-order valence-electron chi connectivity index (χ3n) is 5.65. The summed E-state index contributed by atoms with van der Waals surface area (Å²) < 4.78 is 74.7. The lowest BCUT2D eigenvalue weighted by Gasteiger charge is -2.29. The van der Waals surface area contributed by atoms with Crippen LogP contribution in [0.1, 0.15) is 11.1 Å². The third kappa shape index (κ3) is 6.07. The van der Waals surface area contributed by atoms with Gasteiger partial charge in [-0.25, -0.2) is 4.98 Å². The molecule has 192 valence electrons. The Kier molecular flexibility index (Phi) is 7.97. The van der Waals surface area contributed by atoms with Gasteiger partial charge in [0.2, 0.25) is 0 Å². The second-order valence-corrected chi connectivity index (χ2v) is 8.83. The van der Waals surface area contributed by atoms with Crippen molar-refractivity contribution in [2.45, 2.75) is 17.6 Å². The SMILES string of the molecule is COc1cc(N2CCOCC2)ccc1Nc1cc(NCc2ccccc2S(=O)[O-])c(C(F)(F)F)cn1. The molecule has 8 nitrogen and oxygen atoms in total. The van der Waals surface area contributed by atoms with E-state index in [0.717, 1.165) is 25.0 Å². The zero-order valence-corrected chi connectivity index (χ0v) is 20.1. The molecule has 2 N–H and O–H groups in total. The molecule has 12 heteroatoms. The van der Waals surface area contributed by atoms with E-state index in [1.54, 1.807) is 18.2 Å². The fourth-order valence-corrected chi connectivity index (χ4v) is 4.38. The van der Waals surface area contributed by atoms with Crippen LogP contribution in [0.2, 0.25) is 0 Å². The van der Waals surface area contributed by atoms with Crippen LogP contribution >= 0.6 is 0 Å². The molecule has 2 aromatic carbocycles. The van der Waals surface area contributed by atoms with Crippen LogP contribution in [-0.4, -0.2) is 47.2 Å². The Hall–Kier alpha value is -3.35. The number of nitrogens with one attached hydrogen (secondary N) is 2. The van der Waals surface area contributed by atoms with Gasteiger partial charge in [0, 0.05) is 48.5 Å². The lowest BCUT2D eigenvalue weighted by molar-refractivity contribution is -0.137. The van der Waals surface area contributed by atoms with Crippen LogP contribution in [0.15, 0.2) is 59.6 Å². The van der Waals surface area contributed by atoms with Gasteiger partial charge in [0.1, 0.15) is 11.6 Å². The first-order valence-corrected chi connectivity index (χ1v) is 12.1. The van der Waals surface area contributed by atoms with E-state index in [0.29, 0.717) is 30.2 Å². The van der Waals surface area contributed by atoms with E-state index in [9.17, 15) is 21.9 Å². The number of methoxy groups -OCH3 is 1. The Morgan fingerprint density at radius 1 is 1.14 bits per heavy atom. The molecule has 36 heavy (non-hydrogen) atoms. The van der Waals surface area contributed by atoms with E-state index >= 15 is 0 Å². The van der Waals surface area contributed by atoms with Gasteiger partial charge in [0.15, 0.2) is 0 Å². The number of ether oxygens (including phenoxy) is 2. The van der Waals surface area contributed by atoms with Gasteiger partial charge in [0.25, 0.3) is 0 Å². The average Bonchev–Trinajstić information content (AvgIpc) is 2.87. The zero-order valence-electron chi connectivity index (χ0n) is 19.3. The molecule has 1 saturated heterocycles. The number of anilines is 4. The van der Waals surface area contributed by atoms with E-state index < -0.39 is 22.8 Å². The number of hydrogen-bond donors (Lipinski definition) is 2. The van der Waals surface area contributed by atoms with Gasteiger partial charge < -0.3 is 29.6 Å². The standard InChI is InChI=1S/C24H25F3N4O4S/c1-34-21-12-17(31-8-10-35-11-9-31)6-7-19(21)30-23-13-20(18(15-29-23)24(25,26)27)28-14-16-4-2-3-5-22(16)36(32)33/h2-7,12-13,15H,8-11,14H2,1H3,(H,32,33)(H2,28,29,30)/p-1. The quantitative estimate of drug-likeness (QED) is 0.417. The van der Waals surface area contributed by atoms with Crippen molar-refractivity contribution >= 4 is 34.0 Å². The van der Waals surface area contributed by atoms with Crippen LogP contribution in [0.5, 0.6) is 5.75 Å². The molecule has 0 amide bonds. The van der Waals surface area contributed by atoms with E-state index in [1.807, 2.05) is 12.1 Å². The maximum absolute atomic E-state index is 13.6. The van der Waals surface area contributed by atoms with Crippen molar-refractivity contribution in [3.8, 4) is 5.75 Å². The van der Waals surface area contributed by atoms with Crippen molar-refractivity contribution in [1.29, 1.82) is 0 Å². The van der Waals surface area contributed by atoms with Crippen molar-refractivity contribution in [2.24, 2.45) is 0 Å². The molecule has 1 unspecified atom stereocenters. The molecule has 0 saturated carbocycles. The first kappa shape index (κ1) is 25.7. The van der Waals surface area contributed by atoms with E-state index in [-0.39, 0.29) is 22.9 Å². The van der Waals surface area contributed by atoms with Crippen molar-refractivity contribution in [1.82, 2.24) is 4.98 Å². The minimum atomic E-state index is -4.66. The summed E-state index contributed by atoms with van der Waals surface area (Å²) in [6.45, 7) is 2.61. The van der Waals surface area contributed by atoms with Crippen LogP contribution in [-0.2, 0) is 28.5 Å². The summed E-state index contributed by atoms with van der Waals surface area (Å²) in [5.74, 6) is 0.658. The van der Waals surface area contributed by atoms with Crippen LogP contribution in [0.3, 0.4) is 0 Å². The fourth-order valence-electron chi connectivity index (χ4n) is 3.84. The highest BCUT2D eigenvalue weighted by Crippen LogP contribution is 2.37. The summed E-state index contributed by atoms with van der Waals surface area (Å²) in [5.41, 5.74) is 0.599. The highest BCUT2D eigenvalue weighted by atomic mass is 32.2. The number of benzene rings is 2. The minimum absolute atomic E-state index is 0.0102. The van der Waals surface area contributed by atoms with E-state index in [4.69, 9.17) is 9.47 Å². The molecule has 1 atom stereocenters. The van der Waals surface area contributed by atoms with Gasteiger partial charge >= 0.3 is 6.18 Å². The topological polar surface area (TPSA) is 98.8 Å². The van der Waals surface area contributed by atoms with Gasteiger partial charge in [-0.3, -0.25) is 4.21 Å². The molecule has 1 aliphatic heterocycles. The Morgan fingerprint density at radius 2 is 1.89 bits per heavy atom. The lowest BCUT2D eigenvalue weighted by Crippen LogP contribution is -2.36. The monoisotopic (exact) mass is 521 g/mol. The van der Waals surface area contributed by atoms with Crippen molar-refractivity contribution in [2.75, 3.05) is 48.9 Å². The second-order valence-electron chi connectivity index (χ2n) is 7.92. The molecule has 2 heterocycles. The molecule has 4 rings (SSSR count). The maximum Gasteiger partial charge on any atom is 0.419 e. The average molecular weight is 522 g/mol. The Labute approximate surface area is 208 Å². The summed E-state index contributed by atoms with van der Waals surface area (Å²) in [7, 11) is 1.51. The molecule has 0 bridgehead atoms. The van der Waals surface area contributed by atoms with Crippen LogP contribution in [0.4, 0.5) is 36.1 Å². The summed E-state index contributed by atoms with van der Waals surface area (Å²) in [5, 5.41) is 5.73. The molecule has 1 aromatic heterocycles. The van der Waals surface area contributed by atoms with Crippen molar-refractivity contribution in [3.05, 3.63) is 65.9 Å². The highest BCUT2D eigenvalue weighted by molar-refractivity contribution is 7.79. The lowest BCUT2D eigenvalue weighted by atomic mass is 10.1. The number of rotatable bonds is 8. The van der Waals surface area contributed by atoms with Gasteiger partial charge in [-0.05, 0) is 34.8 Å².